The lowest BCUT2D eigenvalue weighted by atomic mass is 10.1. The van der Waals surface area contributed by atoms with Gasteiger partial charge in [-0.25, -0.2) is 21.9 Å². The summed E-state index contributed by atoms with van der Waals surface area (Å²) in [5.74, 6) is -2.26. The number of carbonyl (C=O) groups excluding carboxylic acids is 2. The molecule has 0 N–H and O–H groups in total. The summed E-state index contributed by atoms with van der Waals surface area (Å²) >= 11 is 6.05. The van der Waals surface area contributed by atoms with Gasteiger partial charge in [0.1, 0.15) is 34.3 Å². The first-order chi connectivity index (χ1) is 14.7. The fourth-order valence-corrected chi connectivity index (χ4v) is 5.06. The number of hydrogen-bond donors (Lipinski definition) is 0. The number of sulfonamides is 1. The second-order valence-electron chi connectivity index (χ2n) is 6.57. The van der Waals surface area contributed by atoms with Crippen molar-refractivity contribution >= 4 is 33.5 Å². The molecule has 0 radical (unpaired) electrons. The van der Waals surface area contributed by atoms with Crippen LogP contribution >= 0.6 is 11.6 Å². The van der Waals surface area contributed by atoms with Gasteiger partial charge in [0.15, 0.2) is 0 Å². The Balaban J connectivity index is 1.53. The lowest BCUT2D eigenvalue weighted by Gasteiger charge is -2.15. The van der Waals surface area contributed by atoms with Gasteiger partial charge in [0.2, 0.25) is 0 Å². The van der Waals surface area contributed by atoms with Crippen LogP contribution in [0.1, 0.15) is 26.5 Å². The zero-order valence-electron chi connectivity index (χ0n) is 16.0. The van der Waals surface area contributed by atoms with E-state index >= 15 is 0 Å². The average Bonchev–Trinajstić information content (AvgIpc) is 3.19. The van der Waals surface area contributed by atoms with Crippen molar-refractivity contribution in [2.45, 2.75) is 11.8 Å². The number of halogens is 2. The van der Waals surface area contributed by atoms with Crippen molar-refractivity contribution in [2.24, 2.45) is 0 Å². The van der Waals surface area contributed by atoms with E-state index in [2.05, 4.69) is 5.16 Å². The van der Waals surface area contributed by atoms with Crippen molar-refractivity contribution in [3.05, 3.63) is 70.2 Å². The third kappa shape index (κ3) is 3.47. The molecule has 8 nitrogen and oxygen atoms in total. The molecule has 1 amide bonds. The number of ether oxygens (including phenoxy) is 1. The zero-order valence-corrected chi connectivity index (χ0v) is 17.5. The van der Waals surface area contributed by atoms with Crippen LogP contribution in [0.2, 0.25) is 5.02 Å². The minimum atomic E-state index is -4.02. The monoisotopic (exact) mass is 464 g/mol. The number of rotatable bonds is 5. The number of benzene rings is 2. The Bertz CT molecular complexity index is 1300. The Hall–Kier alpha value is -3.24. The molecule has 3 aromatic rings. The van der Waals surface area contributed by atoms with Gasteiger partial charge in [0, 0.05) is 0 Å². The summed E-state index contributed by atoms with van der Waals surface area (Å²) in [6.07, 6.45) is 0. The summed E-state index contributed by atoms with van der Waals surface area (Å²) in [7, 11) is -4.02. The van der Waals surface area contributed by atoms with Crippen molar-refractivity contribution in [2.75, 3.05) is 13.2 Å². The third-order valence-electron chi connectivity index (χ3n) is 4.71. The smallest absolute Gasteiger partial charge is 0.344 e. The first-order valence-corrected chi connectivity index (χ1v) is 10.8. The quantitative estimate of drug-likeness (QED) is 0.532. The van der Waals surface area contributed by atoms with Gasteiger partial charge in [-0.1, -0.05) is 35.0 Å². The van der Waals surface area contributed by atoms with Crippen LogP contribution in [-0.4, -0.2) is 42.9 Å². The summed E-state index contributed by atoms with van der Waals surface area (Å²) in [6.45, 7) is 0.626. The van der Waals surface area contributed by atoms with Gasteiger partial charge in [0.05, 0.1) is 22.7 Å². The number of aromatic nitrogens is 1. The van der Waals surface area contributed by atoms with Crippen molar-refractivity contribution in [1.82, 2.24) is 9.46 Å². The van der Waals surface area contributed by atoms with Crippen LogP contribution in [0.5, 0.6) is 0 Å². The predicted molar refractivity (Wildman–Crippen MR) is 107 cm³/mol. The highest BCUT2D eigenvalue weighted by atomic mass is 35.5. The van der Waals surface area contributed by atoms with E-state index in [0.717, 1.165) is 6.07 Å². The minimum Gasteiger partial charge on any atom is -0.460 e. The summed E-state index contributed by atoms with van der Waals surface area (Å²) in [4.78, 5) is 24.9. The van der Waals surface area contributed by atoms with Crippen LogP contribution in [-0.2, 0) is 14.8 Å². The van der Waals surface area contributed by atoms with Crippen LogP contribution in [0, 0.1) is 12.7 Å². The number of fused-ring (bicyclic) bond motifs is 1. The van der Waals surface area contributed by atoms with Gasteiger partial charge in [-0.2, -0.15) is 0 Å². The van der Waals surface area contributed by atoms with Crippen LogP contribution in [0.3, 0.4) is 0 Å². The second-order valence-corrected chi connectivity index (χ2v) is 8.81. The molecular weight excluding hydrogens is 451 g/mol. The maximum Gasteiger partial charge on any atom is 0.344 e. The standard InChI is InChI=1S/C20H14ClFN2O6S/c1-11-16(18(23-30-11)17-13(21)6-4-7-14(17)22)20(26)29-10-9-24-19(25)12-5-2-3-8-15(12)31(24,27)28/h2-8H,9-10H2,1H3. The number of esters is 1. The van der Waals surface area contributed by atoms with Crippen molar-refractivity contribution in [3.63, 3.8) is 0 Å². The van der Waals surface area contributed by atoms with Crippen LogP contribution in [0.15, 0.2) is 51.9 Å². The summed E-state index contributed by atoms with van der Waals surface area (Å²) in [5.41, 5.74) is -0.352. The molecule has 0 atom stereocenters. The first-order valence-electron chi connectivity index (χ1n) is 8.97. The zero-order chi connectivity index (χ0) is 22.3. The molecule has 0 unspecified atom stereocenters. The highest BCUT2D eigenvalue weighted by Gasteiger charge is 2.40. The fraction of sp³-hybridized carbons (Fsp3) is 0.150. The molecule has 1 aromatic heterocycles. The number of carbonyl (C=O) groups is 2. The van der Waals surface area contributed by atoms with Gasteiger partial charge in [-0.3, -0.25) is 4.79 Å². The molecule has 0 saturated carbocycles. The number of nitrogens with zero attached hydrogens (tertiary/aromatic N) is 2. The molecule has 0 aliphatic carbocycles. The SMILES string of the molecule is Cc1onc(-c2c(F)cccc2Cl)c1C(=O)OCCN1C(=O)c2ccccc2S1(=O)=O. The molecular formula is C20H14ClFN2O6S. The van der Waals surface area contributed by atoms with E-state index in [1.165, 1.54) is 37.3 Å². The number of hydrogen-bond acceptors (Lipinski definition) is 7. The lowest BCUT2D eigenvalue weighted by Crippen LogP contribution is -2.33. The Morgan fingerprint density at radius 3 is 2.68 bits per heavy atom. The van der Waals surface area contributed by atoms with E-state index in [1.54, 1.807) is 6.07 Å². The number of amides is 1. The summed E-state index contributed by atoms with van der Waals surface area (Å²) in [6, 6.07) is 9.79. The molecule has 31 heavy (non-hydrogen) atoms. The Morgan fingerprint density at radius 2 is 1.97 bits per heavy atom. The molecule has 0 saturated heterocycles. The normalized spacial score (nSPS) is 14.5. The van der Waals surface area contributed by atoms with E-state index < -0.39 is 34.3 Å². The minimum absolute atomic E-state index is 0.0221. The molecule has 1 aliphatic heterocycles. The van der Waals surface area contributed by atoms with E-state index in [1.807, 2.05) is 0 Å². The largest absolute Gasteiger partial charge is 0.460 e. The summed E-state index contributed by atoms with van der Waals surface area (Å²) < 4.78 is 50.2. The second kappa shape index (κ2) is 7.78. The van der Waals surface area contributed by atoms with E-state index in [-0.39, 0.29) is 44.6 Å². The molecule has 11 heteroatoms. The highest BCUT2D eigenvalue weighted by molar-refractivity contribution is 7.90. The molecule has 2 aromatic carbocycles. The maximum atomic E-state index is 14.3. The van der Waals surface area contributed by atoms with Gasteiger partial charge in [-0.15, -0.1) is 0 Å². The average molecular weight is 465 g/mol. The van der Waals surface area contributed by atoms with Crippen LogP contribution in [0.4, 0.5) is 4.39 Å². The molecule has 1 aliphatic rings. The summed E-state index contributed by atoms with van der Waals surface area (Å²) in [5, 5.41) is 3.74. The number of aryl methyl sites for hydroxylation is 1. The van der Waals surface area contributed by atoms with Gasteiger partial charge < -0.3 is 9.26 Å². The molecule has 2 heterocycles. The molecule has 0 fully saturated rings. The lowest BCUT2D eigenvalue weighted by molar-refractivity contribution is 0.0476. The Labute approximate surface area is 181 Å². The van der Waals surface area contributed by atoms with Crippen molar-refractivity contribution in [1.29, 1.82) is 0 Å². The molecule has 0 spiro atoms. The Kier molecular flexibility index (Phi) is 5.28. The van der Waals surface area contributed by atoms with Crippen LogP contribution < -0.4 is 0 Å². The third-order valence-corrected chi connectivity index (χ3v) is 6.86. The van der Waals surface area contributed by atoms with Gasteiger partial charge >= 0.3 is 5.97 Å². The first kappa shape index (κ1) is 21.0. The molecule has 0 bridgehead atoms. The van der Waals surface area contributed by atoms with E-state index in [4.69, 9.17) is 20.9 Å². The predicted octanol–water partition coefficient (Wildman–Crippen LogP) is 3.44. The Morgan fingerprint density at radius 1 is 1.23 bits per heavy atom. The van der Waals surface area contributed by atoms with Gasteiger partial charge in [-0.05, 0) is 31.2 Å². The van der Waals surface area contributed by atoms with Crippen LogP contribution in [0.25, 0.3) is 11.3 Å². The molecule has 4 rings (SSSR count). The van der Waals surface area contributed by atoms with Crippen molar-refractivity contribution < 1.29 is 31.7 Å². The van der Waals surface area contributed by atoms with E-state index in [0.29, 0.717) is 4.31 Å². The fourth-order valence-electron chi connectivity index (χ4n) is 3.25. The highest BCUT2D eigenvalue weighted by Crippen LogP contribution is 2.34. The topological polar surface area (TPSA) is 107 Å². The van der Waals surface area contributed by atoms with Gasteiger partial charge in [0.25, 0.3) is 15.9 Å². The maximum absolute atomic E-state index is 14.3. The van der Waals surface area contributed by atoms with Crippen molar-refractivity contribution in [3.8, 4) is 11.3 Å². The molecule has 160 valence electrons. The van der Waals surface area contributed by atoms with E-state index in [9.17, 15) is 22.4 Å².